The van der Waals surface area contributed by atoms with Gasteiger partial charge in [-0.25, -0.2) is 0 Å². The van der Waals surface area contributed by atoms with Crippen LogP contribution in [-0.2, 0) is 0 Å². The molecule has 0 bridgehead atoms. The summed E-state index contributed by atoms with van der Waals surface area (Å²) in [4.78, 5) is 0. The maximum absolute atomic E-state index is 5.69. The van der Waals surface area contributed by atoms with Crippen molar-refractivity contribution in [2.45, 2.75) is 46.6 Å². The van der Waals surface area contributed by atoms with Crippen LogP contribution in [0.15, 0.2) is 18.2 Å². The normalized spacial score (nSPS) is 14.8. The summed E-state index contributed by atoms with van der Waals surface area (Å²) in [7, 11) is 0. The predicted octanol–water partition coefficient (Wildman–Crippen LogP) is 3.24. The molecule has 1 aromatic carbocycles. The maximum atomic E-state index is 5.69. The summed E-state index contributed by atoms with van der Waals surface area (Å²) >= 11 is 0. The van der Waals surface area contributed by atoms with Crippen LogP contribution in [0.4, 0.5) is 0 Å². The molecule has 2 unspecified atom stereocenters. The Kier molecular flexibility index (Phi) is 4.97. The molecule has 2 atom stereocenters. The number of rotatable bonds is 5. The molecule has 2 heteroatoms. The number of hydrogen-bond donors (Lipinski definition) is 2. The molecule has 0 amide bonds. The number of hydrogen-bond acceptors (Lipinski definition) is 2. The van der Waals surface area contributed by atoms with Crippen molar-refractivity contribution in [3.05, 3.63) is 34.9 Å². The number of nitrogens with one attached hydrogen (secondary N) is 1. The Labute approximate surface area is 99.2 Å². The van der Waals surface area contributed by atoms with E-state index in [-0.39, 0.29) is 6.04 Å². The van der Waals surface area contributed by atoms with Crippen LogP contribution in [0.2, 0.25) is 0 Å². The third-order valence-electron chi connectivity index (χ3n) is 3.25. The minimum absolute atomic E-state index is 0.264. The van der Waals surface area contributed by atoms with Crippen LogP contribution in [0.3, 0.4) is 0 Å². The Bertz CT molecular complexity index is 334. The molecule has 1 aromatic rings. The smallest absolute Gasteiger partial charge is 0.0488 e. The van der Waals surface area contributed by atoms with Crippen molar-refractivity contribution in [3.8, 4) is 0 Å². The average Bonchev–Trinajstić information content (AvgIpc) is 2.22. The molecule has 0 aliphatic rings. The van der Waals surface area contributed by atoms with Crippen molar-refractivity contribution in [1.82, 2.24) is 5.43 Å². The van der Waals surface area contributed by atoms with Gasteiger partial charge in [0.05, 0.1) is 0 Å². The largest absolute Gasteiger partial charge is 0.271 e. The molecule has 0 radical (unpaired) electrons. The third-order valence-corrected chi connectivity index (χ3v) is 3.25. The first kappa shape index (κ1) is 13.2. The summed E-state index contributed by atoms with van der Waals surface area (Å²) < 4.78 is 0. The molecule has 16 heavy (non-hydrogen) atoms. The van der Waals surface area contributed by atoms with Crippen molar-refractivity contribution >= 4 is 0 Å². The zero-order valence-corrected chi connectivity index (χ0v) is 10.9. The Morgan fingerprint density at radius 2 is 2.00 bits per heavy atom. The van der Waals surface area contributed by atoms with E-state index in [0.29, 0.717) is 5.92 Å². The van der Waals surface area contributed by atoms with Gasteiger partial charge in [0.15, 0.2) is 0 Å². The topological polar surface area (TPSA) is 38.0 Å². The van der Waals surface area contributed by atoms with Crippen LogP contribution in [0.5, 0.6) is 0 Å². The second-order valence-electron chi connectivity index (χ2n) is 4.77. The highest BCUT2D eigenvalue weighted by molar-refractivity contribution is 5.33. The highest BCUT2D eigenvalue weighted by atomic mass is 15.2. The number of benzene rings is 1. The van der Waals surface area contributed by atoms with Crippen molar-refractivity contribution in [2.75, 3.05) is 0 Å². The number of nitrogens with two attached hydrogens (primary N) is 1. The molecule has 0 saturated heterocycles. The van der Waals surface area contributed by atoms with Gasteiger partial charge in [0.1, 0.15) is 0 Å². The van der Waals surface area contributed by atoms with Crippen molar-refractivity contribution in [1.29, 1.82) is 0 Å². The fourth-order valence-corrected chi connectivity index (χ4v) is 2.36. The van der Waals surface area contributed by atoms with E-state index in [1.54, 1.807) is 0 Å². The Morgan fingerprint density at radius 1 is 1.31 bits per heavy atom. The fraction of sp³-hybridized carbons (Fsp3) is 0.571. The van der Waals surface area contributed by atoms with E-state index in [2.05, 4.69) is 51.3 Å². The van der Waals surface area contributed by atoms with Gasteiger partial charge in [-0.05, 0) is 37.3 Å². The minimum atomic E-state index is 0.264. The minimum Gasteiger partial charge on any atom is -0.271 e. The van der Waals surface area contributed by atoms with Crippen LogP contribution in [0.25, 0.3) is 0 Å². The highest BCUT2D eigenvalue weighted by Crippen LogP contribution is 2.27. The summed E-state index contributed by atoms with van der Waals surface area (Å²) in [6.07, 6.45) is 2.40. The summed E-state index contributed by atoms with van der Waals surface area (Å²) in [6, 6.07) is 6.84. The molecule has 0 heterocycles. The van der Waals surface area contributed by atoms with Crippen LogP contribution in [0.1, 0.15) is 49.4 Å². The van der Waals surface area contributed by atoms with Gasteiger partial charge < -0.3 is 0 Å². The van der Waals surface area contributed by atoms with E-state index >= 15 is 0 Å². The first-order valence-corrected chi connectivity index (χ1v) is 6.13. The maximum Gasteiger partial charge on any atom is 0.0488 e. The van der Waals surface area contributed by atoms with Gasteiger partial charge in [-0.3, -0.25) is 11.3 Å². The average molecular weight is 220 g/mol. The van der Waals surface area contributed by atoms with Crippen LogP contribution in [0, 0.1) is 19.8 Å². The van der Waals surface area contributed by atoms with Crippen LogP contribution < -0.4 is 11.3 Å². The molecule has 0 saturated carbocycles. The lowest BCUT2D eigenvalue weighted by Crippen LogP contribution is -2.33. The Morgan fingerprint density at radius 3 is 2.50 bits per heavy atom. The molecule has 0 aliphatic carbocycles. The first-order valence-electron chi connectivity index (χ1n) is 6.13. The molecular formula is C14H24N2. The summed E-state index contributed by atoms with van der Waals surface area (Å²) in [5, 5.41) is 0. The lowest BCUT2D eigenvalue weighted by atomic mass is 9.88. The fourth-order valence-electron chi connectivity index (χ4n) is 2.36. The summed E-state index contributed by atoms with van der Waals surface area (Å²) in [5.74, 6) is 6.26. The van der Waals surface area contributed by atoms with Gasteiger partial charge in [0.2, 0.25) is 0 Å². The molecule has 2 nitrogen and oxygen atoms in total. The van der Waals surface area contributed by atoms with E-state index in [0.717, 1.165) is 0 Å². The summed E-state index contributed by atoms with van der Waals surface area (Å²) in [6.45, 7) is 8.75. The van der Waals surface area contributed by atoms with Gasteiger partial charge in [-0.15, -0.1) is 0 Å². The lowest BCUT2D eigenvalue weighted by molar-refractivity contribution is 0.367. The van der Waals surface area contributed by atoms with Crippen LogP contribution >= 0.6 is 0 Å². The third kappa shape index (κ3) is 3.06. The molecule has 3 N–H and O–H groups in total. The van der Waals surface area contributed by atoms with Crippen molar-refractivity contribution < 1.29 is 0 Å². The molecule has 0 fully saturated rings. The predicted molar refractivity (Wildman–Crippen MR) is 70.1 cm³/mol. The molecule has 0 aromatic heterocycles. The molecule has 90 valence electrons. The highest BCUT2D eigenvalue weighted by Gasteiger charge is 2.18. The number of hydrazine groups is 1. The van der Waals surface area contributed by atoms with Gasteiger partial charge in [0, 0.05) is 6.04 Å². The monoisotopic (exact) mass is 220 g/mol. The second kappa shape index (κ2) is 6.02. The number of aryl methyl sites for hydroxylation is 2. The standard InChI is InChI=1S/C14H24N2/c1-5-6-11(3)14(16-15)13-8-7-10(2)9-12(13)4/h7-9,11,14,16H,5-6,15H2,1-4H3. The van der Waals surface area contributed by atoms with Gasteiger partial charge in [-0.2, -0.15) is 0 Å². The van der Waals surface area contributed by atoms with E-state index in [4.69, 9.17) is 5.84 Å². The van der Waals surface area contributed by atoms with E-state index < -0.39 is 0 Å². The van der Waals surface area contributed by atoms with E-state index in [1.165, 1.54) is 29.5 Å². The molecule has 1 rings (SSSR count). The SMILES string of the molecule is CCCC(C)C(NN)c1ccc(C)cc1C. The zero-order valence-electron chi connectivity index (χ0n) is 10.9. The van der Waals surface area contributed by atoms with Crippen molar-refractivity contribution in [2.24, 2.45) is 11.8 Å². The van der Waals surface area contributed by atoms with E-state index in [9.17, 15) is 0 Å². The lowest BCUT2D eigenvalue weighted by Gasteiger charge is -2.25. The molecule has 0 spiro atoms. The van der Waals surface area contributed by atoms with Gasteiger partial charge >= 0.3 is 0 Å². The zero-order chi connectivity index (χ0) is 12.1. The second-order valence-corrected chi connectivity index (χ2v) is 4.77. The van der Waals surface area contributed by atoms with E-state index in [1.807, 2.05) is 0 Å². The van der Waals surface area contributed by atoms with Crippen molar-refractivity contribution in [3.63, 3.8) is 0 Å². The van der Waals surface area contributed by atoms with Crippen LogP contribution in [-0.4, -0.2) is 0 Å². The Balaban J connectivity index is 2.94. The Hall–Kier alpha value is -0.860. The molecule has 0 aliphatic heterocycles. The first-order chi connectivity index (χ1) is 7.60. The van der Waals surface area contributed by atoms with Gasteiger partial charge in [0.25, 0.3) is 0 Å². The summed E-state index contributed by atoms with van der Waals surface area (Å²) in [5.41, 5.74) is 6.92. The quantitative estimate of drug-likeness (QED) is 0.590. The molecular weight excluding hydrogens is 196 g/mol. The van der Waals surface area contributed by atoms with Gasteiger partial charge in [-0.1, -0.05) is 44.0 Å².